The van der Waals surface area contributed by atoms with Gasteiger partial charge in [0.2, 0.25) is 0 Å². The molecular formula is C15H23FN2O. The topological polar surface area (TPSA) is 47.3 Å². The number of hydrogen-bond acceptors (Lipinski definition) is 3. The van der Waals surface area contributed by atoms with Gasteiger partial charge in [0.05, 0.1) is 11.6 Å². The molecular weight excluding hydrogens is 243 g/mol. The summed E-state index contributed by atoms with van der Waals surface area (Å²) in [6, 6.07) is 5.07. The maximum Gasteiger partial charge on any atom is 0.126 e. The molecule has 1 saturated carbocycles. The Morgan fingerprint density at radius 3 is 2.63 bits per heavy atom. The Hall–Kier alpha value is -0.970. The molecule has 0 spiro atoms. The molecule has 1 atom stereocenters. The highest BCUT2D eigenvalue weighted by Crippen LogP contribution is 2.42. The molecule has 19 heavy (non-hydrogen) atoms. The van der Waals surface area contributed by atoms with E-state index in [1.165, 1.54) is 6.07 Å². The van der Waals surface area contributed by atoms with Crippen LogP contribution in [0.2, 0.25) is 0 Å². The largest absolute Gasteiger partial charge is 0.373 e. The van der Waals surface area contributed by atoms with Gasteiger partial charge in [0.15, 0.2) is 0 Å². The standard InChI is InChI=1S/C15H23FN2O/c1-3-19-15(8-4-5-9-15)14(18-17)12-6-7-13(16)11(2)10-12/h6-7,10,14,18H,3-5,8-9,17H2,1-2H3. The van der Waals surface area contributed by atoms with Crippen LogP contribution in [0.25, 0.3) is 0 Å². The lowest BCUT2D eigenvalue weighted by Crippen LogP contribution is -2.47. The summed E-state index contributed by atoms with van der Waals surface area (Å²) in [5.74, 6) is 5.58. The van der Waals surface area contributed by atoms with Crippen LogP contribution in [-0.2, 0) is 4.74 Å². The van der Waals surface area contributed by atoms with Gasteiger partial charge in [-0.25, -0.2) is 4.39 Å². The van der Waals surface area contributed by atoms with Gasteiger partial charge in [0, 0.05) is 6.61 Å². The first-order valence-corrected chi connectivity index (χ1v) is 6.99. The molecule has 0 heterocycles. The molecule has 1 fully saturated rings. The van der Waals surface area contributed by atoms with Gasteiger partial charge >= 0.3 is 0 Å². The third-order valence-corrected chi connectivity index (χ3v) is 4.09. The van der Waals surface area contributed by atoms with Crippen molar-refractivity contribution < 1.29 is 9.13 Å². The summed E-state index contributed by atoms with van der Waals surface area (Å²) in [6.07, 6.45) is 4.29. The van der Waals surface area contributed by atoms with Crippen molar-refractivity contribution in [3.05, 3.63) is 35.1 Å². The second-order valence-electron chi connectivity index (χ2n) is 5.31. The van der Waals surface area contributed by atoms with E-state index < -0.39 is 0 Å². The van der Waals surface area contributed by atoms with Crippen LogP contribution in [0.3, 0.4) is 0 Å². The van der Waals surface area contributed by atoms with Crippen LogP contribution in [0.5, 0.6) is 0 Å². The monoisotopic (exact) mass is 266 g/mol. The number of nitrogens with one attached hydrogen (secondary N) is 1. The summed E-state index contributed by atoms with van der Waals surface area (Å²) in [4.78, 5) is 0. The average Bonchev–Trinajstić information content (AvgIpc) is 2.84. The first-order chi connectivity index (χ1) is 9.13. The maximum absolute atomic E-state index is 13.4. The summed E-state index contributed by atoms with van der Waals surface area (Å²) >= 11 is 0. The number of hydrazine groups is 1. The van der Waals surface area contributed by atoms with Crippen molar-refractivity contribution in [3.8, 4) is 0 Å². The Balaban J connectivity index is 2.33. The van der Waals surface area contributed by atoms with Crippen LogP contribution in [-0.4, -0.2) is 12.2 Å². The van der Waals surface area contributed by atoms with Crippen LogP contribution in [0.4, 0.5) is 4.39 Å². The zero-order valence-electron chi connectivity index (χ0n) is 11.7. The minimum atomic E-state index is -0.256. The predicted molar refractivity (Wildman–Crippen MR) is 74.0 cm³/mol. The number of hydrogen-bond donors (Lipinski definition) is 2. The molecule has 1 unspecified atom stereocenters. The van der Waals surface area contributed by atoms with E-state index in [2.05, 4.69) is 5.43 Å². The number of nitrogens with two attached hydrogens (primary N) is 1. The molecule has 0 amide bonds. The van der Waals surface area contributed by atoms with Crippen LogP contribution in [0, 0.1) is 12.7 Å². The Kier molecular flexibility index (Phi) is 4.55. The molecule has 0 aliphatic heterocycles. The lowest BCUT2D eigenvalue weighted by molar-refractivity contribution is -0.0627. The fourth-order valence-electron chi connectivity index (χ4n) is 3.18. The molecule has 0 bridgehead atoms. The maximum atomic E-state index is 13.4. The Morgan fingerprint density at radius 2 is 2.11 bits per heavy atom. The van der Waals surface area contributed by atoms with Crippen LogP contribution in [0.15, 0.2) is 18.2 Å². The first kappa shape index (κ1) is 14.4. The number of ether oxygens (including phenoxy) is 1. The van der Waals surface area contributed by atoms with E-state index in [9.17, 15) is 4.39 Å². The molecule has 106 valence electrons. The van der Waals surface area contributed by atoms with Gasteiger partial charge in [-0.1, -0.05) is 25.0 Å². The van der Waals surface area contributed by atoms with Gasteiger partial charge in [0.25, 0.3) is 0 Å². The summed E-state index contributed by atoms with van der Waals surface area (Å²) < 4.78 is 19.4. The molecule has 1 aromatic rings. The van der Waals surface area contributed by atoms with Crippen LogP contribution >= 0.6 is 0 Å². The van der Waals surface area contributed by atoms with E-state index in [0.29, 0.717) is 12.2 Å². The third kappa shape index (κ3) is 2.81. The van der Waals surface area contributed by atoms with Gasteiger partial charge in [-0.15, -0.1) is 0 Å². The zero-order valence-corrected chi connectivity index (χ0v) is 11.7. The van der Waals surface area contributed by atoms with E-state index in [-0.39, 0.29) is 17.5 Å². The number of rotatable bonds is 5. The van der Waals surface area contributed by atoms with Crippen molar-refractivity contribution >= 4 is 0 Å². The minimum Gasteiger partial charge on any atom is -0.373 e. The van der Waals surface area contributed by atoms with E-state index in [0.717, 1.165) is 31.2 Å². The number of benzene rings is 1. The minimum absolute atomic E-state index is 0.0887. The van der Waals surface area contributed by atoms with Crippen molar-refractivity contribution in [2.24, 2.45) is 5.84 Å². The van der Waals surface area contributed by atoms with Gasteiger partial charge in [-0.3, -0.25) is 11.3 Å². The van der Waals surface area contributed by atoms with Gasteiger partial charge in [-0.2, -0.15) is 0 Å². The third-order valence-electron chi connectivity index (χ3n) is 4.09. The Morgan fingerprint density at radius 1 is 1.42 bits per heavy atom. The quantitative estimate of drug-likeness (QED) is 0.636. The highest BCUT2D eigenvalue weighted by Gasteiger charge is 2.42. The van der Waals surface area contributed by atoms with Crippen molar-refractivity contribution in [2.45, 2.75) is 51.2 Å². The average molecular weight is 266 g/mol. The molecule has 1 aromatic carbocycles. The molecule has 0 aromatic heterocycles. The normalized spacial score (nSPS) is 19.6. The van der Waals surface area contributed by atoms with Crippen molar-refractivity contribution in [2.75, 3.05) is 6.61 Å². The second-order valence-corrected chi connectivity index (χ2v) is 5.31. The van der Waals surface area contributed by atoms with Gasteiger partial charge in [-0.05, 0) is 43.9 Å². The molecule has 3 N–H and O–H groups in total. The van der Waals surface area contributed by atoms with E-state index >= 15 is 0 Å². The second kappa shape index (κ2) is 5.99. The zero-order chi connectivity index (χ0) is 13.9. The predicted octanol–water partition coefficient (Wildman–Crippen LogP) is 2.99. The lowest BCUT2D eigenvalue weighted by atomic mass is 9.86. The first-order valence-electron chi connectivity index (χ1n) is 6.99. The fourth-order valence-corrected chi connectivity index (χ4v) is 3.18. The molecule has 4 heteroatoms. The number of aryl methyl sites for hydroxylation is 1. The van der Waals surface area contributed by atoms with Crippen LogP contribution < -0.4 is 11.3 Å². The summed E-state index contributed by atoms with van der Waals surface area (Å²) in [6.45, 7) is 4.44. The molecule has 1 aliphatic carbocycles. The SMILES string of the molecule is CCOC1(C(NN)c2ccc(F)c(C)c2)CCCC1. The Labute approximate surface area is 114 Å². The fraction of sp³-hybridized carbons (Fsp3) is 0.600. The molecule has 1 aliphatic rings. The van der Waals surface area contributed by atoms with Crippen LogP contribution in [0.1, 0.15) is 49.8 Å². The summed E-state index contributed by atoms with van der Waals surface area (Å²) in [7, 11) is 0. The van der Waals surface area contributed by atoms with Crippen molar-refractivity contribution in [1.82, 2.24) is 5.43 Å². The van der Waals surface area contributed by atoms with E-state index in [1.807, 2.05) is 13.0 Å². The van der Waals surface area contributed by atoms with Gasteiger partial charge in [0.1, 0.15) is 5.82 Å². The Bertz CT molecular complexity index is 430. The molecule has 3 nitrogen and oxygen atoms in total. The highest BCUT2D eigenvalue weighted by molar-refractivity contribution is 5.29. The van der Waals surface area contributed by atoms with Crippen molar-refractivity contribution in [3.63, 3.8) is 0 Å². The van der Waals surface area contributed by atoms with E-state index in [1.54, 1.807) is 13.0 Å². The van der Waals surface area contributed by atoms with Gasteiger partial charge < -0.3 is 4.74 Å². The smallest absolute Gasteiger partial charge is 0.126 e. The molecule has 2 rings (SSSR count). The van der Waals surface area contributed by atoms with E-state index in [4.69, 9.17) is 10.6 Å². The highest BCUT2D eigenvalue weighted by atomic mass is 19.1. The number of halogens is 1. The lowest BCUT2D eigenvalue weighted by Gasteiger charge is -2.37. The summed E-state index contributed by atoms with van der Waals surface area (Å²) in [5.41, 5.74) is 4.27. The summed E-state index contributed by atoms with van der Waals surface area (Å²) in [5, 5.41) is 0. The van der Waals surface area contributed by atoms with Crippen molar-refractivity contribution in [1.29, 1.82) is 0 Å². The molecule has 0 saturated heterocycles. The molecule has 0 radical (unpaired) electrons.